The summed E-state index contributed by atoms with van der Waals surface area (Å²) in [6.45, 7) is 0. The van der Waals surface area contributed by atoms with Crippen LogP contribution in [0, 0.1) is 0 Å². The van der Waals surface area contributed by atoms with Gasteiger partial charge in [0.1, 0.15) is 23.7 Å². The van der Waals surface area contributed by atoms with Gasteiger partial charge in [0, 0.05) is 18.8 Å². The molecule has 13 heteroatoms. The summed E-state index contributed by atoms with van der Waals surface area (Å²) in [5.74, 6) is 1.14. The molecule has 0 radical (unpaired) electrons. The summed E-state index contributed by atoms with van der Waals surface area (Å²) >= 11 is 0. The Labute approximate surface area is 204 Å². The molecule has 1 saturated heterocycles. The number of hydrogen-bond donors (Lipinski definition) is 4. The van der Waals surface area contributed by atoms with Crippen molar-refractivity contribution >= 4 is 22.9 Å². The third-order valence-corrected chi connectivity index (χ3v) is 5.58. The molecule has 1 aliphatic rings. The summed E-state index contributed by atoms with van der Waals surface area (Å²) in [7, 11) is 2.94. The highest BCUT2D eigenvalue weighted by atomic mass is 16.6. The fourth-order valence-corrected chi connectivity index (χ4v) is 3.89. The quantitative estimate of drug-likeness (QED) is 0.272. The van der Waals surface area contributed by atoms with Gasteiger partial charge in [-0.3, -0.25) is 19.2 Å². The van der Waals surface area contributed by atoms with Gasteiger partial charge < -0.3 is 25.0 Å². The number of ether oxygens (including phenoxy) is 2. The minimum absolute atomic E-state index is 0.307. The molecule has 3 unspecified atom stereocenters. The molecule has 1 fully saturated rings. The number of nitrogens with one attached hydrogen (secondary N) is 2. The molecule has 0 bridgehead atoms. The van der Waals surface area contributed by atoms with E-state index in [0.717, 1.165) is 0 Å². The van der Waals surface area contributed by atoms with Gasteiger partial charge in [0.15, 0.2) is 35.1 Å². The molecule has 0 aliphatic carbocycles. The maximum absolute atomic E-state index is 12.2. The highest BCUT2D eigenvalue weighted by Gasteiger charge is 2.48. The van der Waals surface area contributed by atoms with Gasteiger partial charge in [-0.25, -0.2) is 20.4 Å². The predicted molar refractivity (Wildman–Crippen MR) is 126 cm³/mol. The number of fused-ring (bicyclic) bond motifs is 1. The van der Waals surface area contributed by atoms with E-state index in [4.69, 9.17) is 9.47 Å². The predicted octanol–water partition coefficient (Wildman–Crippen LogP) is 1.02. The average Bonchev–Trinajstić information content (AvgIpc) is 3.45. The van der Waals surface area contributed by atoms with Crippen LogP contribution in [-0.2, 0) is 14.4 Å². The third kappa shape index (κ3) is 4.31. The molecule has 1 aromatic carbocycles. The smallest absolute Gasteiger partial charge is 0.275 e. The number of aliphatic hydroxyl groups excluding tert-OH is 2. The molecular weight excluding hydrogens is 470 g/mol. The Morgan fingerprint density at radius 2 is 1.92 bits per heavy atom. The monoisotopic (exact) mass is 493 g/mol. The number of amides is 1. The van der Waals surface area contributed by atoms with Gasteiger partial charge >= 0.3 is 0 Å². The maximum Gasteiger partial charge on any atom is 0.275 e. The number of anilines is 1. The summed E-state index contributed by atoms with van der Waals surface area (Å²) in [5.41, 5.74) is 3.38. The van der Waals surface area contributed by atoms with E-state index in [2.05, 4.69) is 35.6 Å². The molecule has 4 heterocycles. The fraction of sp³-hybridized carbons (Fsp3) is 0.261. The number of aliphatic hydroxyl groups is 2. The third-order valence-electron chi connectivity index (χ3n) is 5.58. The standard InChI is InChI=1S/C23H23N7O6/c1-24-20-15-21(30(11-26-15)23-17(32)16(31)18(36-23)22(33)29-34-2)28-19(27-20)12-8-14(10-25-9-12)35-13-6-4-3-5-7-13/h3-11,16-18,23,31-32H,1-2H3,(H,29,33)(H,24,27,28)/t16?,17?,18-,23?/m1/s1. The Morgan fingerprint density at radius 3 is 2.67 bits per heavy atom. The first-order valence-electron chi connectivity index (χ1n) is 10.9. The van der Waals surface area contributed by atoms with E-state index < -0.39 is 30.4 Å². The molecule has 1 aliphatic heterocycles. The first-order valence-corrected chi connectivity index (χ1v) is 10.9. The van der Waals surface area contributed by atoms with Crippen LogP contribution >= 0.6 is 0 Å². The van der Waals surface area contributed by atoms with Crippen molar-refractivity contribution in [3.8, 4) is 22.9 Å². The lowest BCUT2D eigenvalue weighted by atomic mass is 10.1. The van der Waals surface area contributed by atoms with E-state index in [9.17, 15) is 15.0 Å². The molecule has 0 spiro atoms. The number of benzene rings is 1. The minimum atomic E-state index is -1.50. The van der Waals surface area contributed by atoms with E-state index in [1.165, 1.54) is 18.0 Å². The largest absolute Gasteiger partial charge is 0.456 e. The number of hydroxylamine groups is 1. The second kappa shape index (κ2) is 9.83. The Hall–Kier alpha value is -4.17. The van der Waals surface area contributed by atoms with Crippen LogP contribution in [0.1, 0.15) is 6.23 Å². The van der Waals surface area contributed by atoms with Gasteiger partial charge in [-0.2, -0.15) is 0 Å². The Morgan fingerprint density at radius 1 is 1.11 bits per heavy atom. The van der Waals surface area contributed by atoms with Crippen molar-refractivity contribution in [1.29, 1.82) is 0 Å². The van der Waals surface area contributed by atoms with Crippen LogP contribution in [0.5, 0.6) is 11.5 Å². The molecule has 4 aromatic rings. The van der Waals surface area contributed by atoms with Crippen molar-refractivity contribution in [2.45, 2.75) is 24.5 Å². The number of aromatic nitrogens is 5. The van der Waals surface area contributed by atoms with Gasteiger partial charge in [0.25, 0.3) is 5.91 Å². The molecular formula is C23H23N7O6. The summed E-state index contributed by atoms with van der Waals surface area (Å²) in [6, 6.07) is 11.0. The molecule has 13 nitrogen and oxygen atoms in total. The van der Waals surface area contributed by atoms with Crippen molar-refractivity contribution in [3.05, 3.63) is 55.1 Å². The Balaban J connectivity index is 1.52. The lowest BCUT2D eigenvalue weighted by Crippen LogP contribution is -2.42. The van der Waals surface area contributed by atoms with Gasteiger partial charge in [0.05, 0.1) is 19.6 Å². The zero-order chi connectivity index (χ0) is 25.2. The van der Waals surface area contributed by atoms with E-state index in [1.807, 2.05) is 30.3 Å². The number of rotatable bonds is 7. The fourth-order valence-electron chi connectivity index (χ4n) is 3.89. The number of para-hydroxylation sites is 1. The summed E-state index contributed by atoms with van der Waals surface area (Å²) in [6.07, 6.45) is -0.865. The van der Waals surface area contributed by atoms with Crippen molar-refractivity contribution in [3.63, 3.8) is 0 Å². The van der Waals surface area contributed by atoms with Crippen LogP contribution in [-0.4, -0.2) is 73.1 Å². The molecule has 5 rings (SSSR count). The maximum atomic E-state index is 12.2. The average molecular weight is 493 g/mol. The summed E-state index contributed by atoms with van der Waals surface area (Å²) < 4.78 is 13.0. The van der Waals surface area contributed by atoms with Gasteiger partial charge in [-0.05, 0) is 18.2 Å². The summed E-state index contributed by atoms with van der Waals surface area (Å²) in [5, 5.41) is 24.0. The van der Waals surface area contributed by atoms with Crippen LogP contribution < -0.4 is 15.5 Å². The van der Waals surface area contributed by atoms with Gasteiger partial charge in [-0.15, -0.1) is 0 Å². The van der Waals surface area contributed by atoms with E-state index in [-0.39, 0.29) is 0 Å². The lowest BCUT2D eigenvalue weighted by molar-refractivity contribution is -0.148. The molecule has 186 valence electrons. The number of hydrogen-bond acceptors (Lipinski definition) is 11. The molecule has 1 amide bonds. The second-order valence-electron chi connectivity index (χ2n) is 7.89. The number of carbonyl (C=O) groups is 1. The topological polar surface area (TPSA) is 166 Å². The van der Waals surface area contributed by atoms with Crippen LogP contribution in [0.3, 0.4) is 0 Å². The van der Waals surface area contributed by atoms with E-state index >= 15 is 0 Å². The molecule has 3 aromatic heterocycles. The molecule has 0 saturated carbocycles. The molecule has 36 heavy (non-hydrogen) atoms. The molecule has 4 N–H and O–H groups in total. The first kappa shape index (κ1) is 23.6. The number of nitrogens with zero attached hydrogens (tertiary/aromatic N) is 5. The Bertz CT molecular complexity index is 1380. The van der Waals surface area contributed by atoms with Crippen LogP contribution in [0.15, 0.2) is 55.1 Å². The second-order valence-corrected chi connectivity index (χ2v) is 7.89. The Kier molecular flexibility index (Phi) is 6.43. The number of carbonyl (C=O) groups excluding carboxylic acids is 1. The van der Waals surface area contributed by atoms with E-state index in [1.54, 1.807) is 25.5 Å². The highest BCUT2D eigenvalue weighted by Crippen LogP contribution is 2.34. The molecule has 4 atom stereocenters. The van der Waals surface area contributed by atoms with Crippen LogP contribution in [0.2, 0.25) is 0 Å². The van der Waals surface area contributed by atoms with Crippen molar-refractivity contribution < 1.29 is 29.3 Å². The normalized spacial score (nSPS) is 21.4. The summed E-state index contributed by atoms with van der Waals surface area (Å²) in [4.78, 5) is 34.5. The van der Waals surface area contributed by atoms with Crippen molar-refractivity contribution in [1.82, 2.24) is 30.0 Å². The van der Waals surface area contributed by atoms with Crippen molar-refractivity contribution in [2.24, 2.45) is 0 Å². The number of imidazole rings is 1. The zero-order valence-corrected chi connectivity index (χ0v) is 19.3. The van der Waals surface area contributed by atoms with Gasteiger partial charge in [-0.1, -0.05) is 18.2 Å². The lowest BCUT2D eigenvalue weighted by Gasteiger charge is -2.17. The SMILES string of the molecule is CNc1nc(-c2cncc(Oc3ccccc3)c2)nc2c1ncn2C1O[C@@H](C(=O)NOC)C(O)C1O. The number of pyridine rings is 1. The minimum Gasteiger partial charge on any atom is -0.456 e. The zero-order valence-electron chi connectivity index (χ0n) is 19.3. The van der Waals surface area contributed by atoms with Crippen LogP contribution in [0.25, 0.3) is 22.6 Å². The van der Waals surface area contributed by atoms with E-state index in [0.29, 0.717) is 39.9 Å². The van der Waals surface area contributed by atoms with Gasteiger partial charge in [0.2, 0.25) is 0 Å². The highest BCUT2D eigenvalue weighted by molar-refractivity contribution is 5.85. The van der Waals surface area contributed by atoms with Crippen LogP contribution in [0.4, 0.5) is 5.82 Å². The van der Waals surface area contributed by atoms with Crippen molar-refractivity contribution in [2.75, 3.05) is 19.5 Å². The first-order chi connectivity index (χ1) is 17.5.